The SMILES string of the molecule is CCC(c1ccccc1)N(C)c1nc2nc(C3=NC(OC)ON3)nc(N[C@H](C)C3CCC3)c2n1Cc1ccc(C(F)(F)F)c(F)c1. The molecule has 2 aromatic carbocycles. The molecule has 4 aromatic rings. The number of nitrogens with zero attached hydrogens (tertiary/aromatic N) is 6. The number of rotatable bonds is 11. The number of methoxy groups -OCH3 is 1. The maximum atomic E-state index is 14.8. The fourth-order valence-corrected chi connectivity index (χ4v) is 6.01. The summed E-state index contributed by atoms with van der Waals surface area (Å²) < 4.78 is 62.0. The van der Waals surface area contributed by atoms with Gasteiger partial charge < -0.3 is 19.5 Å². The summed E-state index contributed by atoms with van der Waals surface area (Å²) in [6.07, 6.45) is -1.62. The molecule has 2 aromatic heterocycles. The van der Waals surface area contributed by atoms with E-state index < -0.39 is 24.0 Å². The first kappa shape index (κ1) is 31.7. The van der Waals surface area contributed by atoms with E-state index in [0.29, 0.717) is 34.4 Å². The number of hydrogen-bond acceptors (Lipinski definition) is 9. The zero-order valence-corrected chi connectivity index (χ0v) is 26.0. The smallest absolute Gasteiger partial charge is 0.365 e. The van der Waals surface area contributed by atoms with Crippen molar-refractivity contribution >= 4 is 28.8 Å². The zero-order valence-electron chi connectivity index (χ0n) is 26.0. The molecule has 46 heavy (non-hydrogen) atoms. The summed E-state index contributed by atoms with van der Waals surface area (Å²) >= 11 is 0. The summed E-state index contributed by atoms with van der Waals surface area (Å²) in [6, 6.07) is 12.9. The van der Waals surface area contributed by atoms with Crippen LogP contribution in [0.25, 0.3) is 11.2 Å². The van der Waals surface area contributed by atoms with E-state index in [2.05, 4.69) is 29.6 Å². The molecule has 1 aliphatic heterocycles. The van der Waals surface area contributed by atoms with E-state index in [1.54, 1.807) is 0 Å². The summed E-state index contributed by atoms with van der Waals surface area (Å²) in [5.41, 5.74) is 3.64. The number of hydroxylamine groups is 1. The Balaban J connectivity index is 1.52. The van der Waals surface area contributed by atoms with Gasteiger partial charge in [0, 0.05) is 20.2 Å². The molecule has 0 amide bonds. The standard InChI is InChI=1S/C32H36F4N8O2/c1-5-24(21-10-7-6-8-11-21)43(3)30-40-27-25(44(30)17-19-14-15-22(23(33)16-19)32(34,35)36)26(37-18(2)20-12-9-13-20)38-28(39-27)29-41-31(45-4)46-42-29/h6-8,10-11,14-16,18,20,24,31H,5,9,12-13,17H2,1-4H3,(H,41,42)(H,37,38,39)/t18-,24?,31?/m1/s1. The van der Waals surface area contributed by atoms with E-state index in [9.17, 15) is 17.6 Å². The van der Waals surface area contributed by atoms with E-state index in [0.717, 1.165) is 43.4 Å². The molecule has 0 spiro atoms. The van der Waals surface area contributed by atoms with E-state index in [4.69, 9.17) is 24.5 Å². The number of aromatic nitrogens is 4. The van der Waals surface area contributed by atoms with Gasteiger partial charge in [-0.25, -0.2) is 29.7 Å². The quantitative estimate of drug-likeness (QED) is 0.181. The molecule has 1 aliphatic carbocycles. The third-order valence-electron chi connectivity index (χ3n) is 8.74. The van der Waals surface area contributed by atoms with Crippen LogP contribution < -0.4 is 15.7 Å². The molecule has 3 heterocycles. The minimum atomic E-state index is -4.80. The summed E-state index contributed by atoms with van der Waals surface area (Å²) in [6.45, 7) is 4.17. The lowest BCUT2D eigenvalue weighted by Crippen LogP contribution is -2.32. The normalized spacial score (nSPS) is 18.2. The Hall–Kier alpha value is -4.30. The lowest BCUT2D eigenvalue weighted by atomic mass is 9.80. The molecule has 3 atom stereocenters. The molecule has 10 nitrogen and oxygen atoms in total. The van der Waals surface area contributed by atoms with Gasteiger partial charge in [-0.2, -0.15) is 18.2 Å². The molecule has 0 saturated heterocycles. The van der Waals surface area contributed by atoms with Crippen molar-refractivity contribution in [2.45, 2.75) is 70.7 Å². The molecule has 6 rings (SSSR count). The summed E-state index contributed by atoms with van der Waals surface area (Å²) in [7, 11) is 3.37. The average Bonchev–Trinajstić information content (AvgIpc) is 3.62. The molecule has 14 heteroatoms. The number of nitrogens with one attached hydrogen (secondary N) is 2. The molecule has 1 fully saturated rings. The number of halogens is 4. The maximum Gasteiger partial charge on any atom is 0.419 e. The Bertz CT molecular complexity index is 1720. The van der Waals surface area contributed by atoms with Gasteiger partial charge in [0.25, 0.3) is 6.41 Å². The van der Waals surface area contributed by atoms with Crippen LogP contribution >= 0.6 is 0 Å². The maximum absolute atomic E-state index is 14.8. The van der Waals surface area contributed by atoms with E-state index in [1.807, 2.05) is 46.8 Å². The Labute approximate surface area is 263 Å². The van der Waals surface area contributed by atoms with Gasteiger partial charge in [-0.05, 0) is 55.4 Å². The number of benzene rings is 2. The van der Waals surface area contributed by atoms with Crippen LogP contribution in [0.15, 0.2) is 53.5 Å². The van der Waals surface area contributed by atoms with E-state index >= 15 is 0 Å². The van der Waals surface area contributed by atoms with Crippen LogP contribution in [0.4, 0.5) is 29.3 Å². The molecular weight excluding hydrogens is 604 g/mol. The number of aliphatic imine (C=N–C) groups is 1. The molecular formula is C32H36F4N8O2. The van der Waals surface area contributed by atoms with Crippen LogP contribution in [0.3, 0.4) is 0 Å². The second-order valence-electron chi connectivity index (χ2n) is 11.7. The zero-order chi connectivity index (χ0) is 32.6. The number of imidazole rings is 1. The van der Waals surface area contributed by atoms with Crippen LogP contribution in [0.5, 0.6) is 0 Å². The van der Waals surface area contributed by atoms with E-state index in [-0.39, 0.29) is 30.3 Å². The van der Waals surface area contributed by atoms with Crippen molar-refractivity contribution in [1.29, 1.82) is 0 Å². The summed E-state index contributed by atoms with van der Waals surface area (Å²) in [5.74, 6) is 0.555. The summed E-state index contributed by atoms with van der Waals surface area (Å²) in [5, 5.41) is 3.56. The van der Waals surface area contributed by atoms with Crippen molar-refractivity contribution in [1.82, 2.24) is 25.0 Å². The molecule has 1 saturated carbocycles. The third-order valence-corrected chi connectivity index (χ3v) is 8.74. The number of amidine groups is 1. The van der Waals surface area contributed by atoms with Crippen LogP contribution in [0.1, 0.15) is 68.1 Å². The Morgan fingerprint density at radius 3 is 2.50 bits per heavy atom. The van der Waals surface area contributed by atoms with Crippen molar-refractivity contribution in [2.75, 3.05) is 24.4 Å². The minimum absolute atomic E-state index is 0.0136. The fraction of sp³-hybridized carbons (Fsp3) is 0.438. The van der Waals surface area contributed by atoms with E-state index in [1.165, 1.54) is 13.2 Å². The highest BCUT2D eigenvalue weighted by molar-refractivity contribution is 5.98. The van der Waals surface area contributed by atoms with Crippen LogP contribution in [0.2, 0.25) is 0 Å². The average molecular weight is 641 g/mol. The molecule has 2 unspecified atom stereocenters. The van der Waals surface area contributed by atoms with Crippen molar-refractivity contribution in [3.05, 3.63) is 76.9 Å². The molecule has 2 N–H and O–H groups in total. The molecule has 2 aliphatic rings. The fourth-order valence-electron chi connectivity index (χ4n) is 6.01. The van der Waals surface area contributed by atoms with Gasteiger partial charge in [-0.3, -0.25) is 0 Å². The Morgan fingerprint density at radius 1 is 1.13 bits per heavy atom. The first-order valence-electron chi connectivity index (χ1n) is 15.3. The number of alkyl halides is 3. The van der Waals surface area contributed by atoms with Gasteiger partial charge in [-0.15, -0.1) is 0 Å². The second kappa shape index (κ2) is 12.8. The predicted molar refractivity (Wildman–Crippen MR) is 166 cm³/mol. The number of anilines is 2. The highest BCUT2D eigenvalue weighted by Crippen LogP contribution is 2.37. The van der Waals surface area contributed by atoms with Gasteiger partial charge in [0.15, 0.2) is 17.3 Å². The summed E-state index contributed by atoms with van der Waals surface area (Å²) in [4.78, 5) is 26.2. The van der Waals surface area contributed by atoms with Crippen molar-refractivity contribution in [2.24, 2.45) is 10.9 Å². The van der Waals surface area contributed by atoms with Crippen LogP contribution in [0, 0.1) is 11.7 Å². The number of hydrogen-bond donors (Lipinski definition) is 2. The lowest BCUT2D eigenvalue weighted by molar-refractivity contribution is -0.140. The van der Waals surface area contributed by atoms with Gasteiger partial charge in [0.1, 0.15) is 11.3 Å². The molecule has 0 radical (unpaired) electrons. The third kappa shape index (κ3) is 6.23. The molecule has 244 valence electrons. The topological polar surface area (TPSA) is 102 Å². The Morgan fingerprint density at radius 2 is 1.89 bits per heavy atom. The van der Waals surface area contributed by atoms with Gasteiger partial charge in [0.05, 0.1) is 18.2 Å². The monoisotopic (exact) mass is 640 g/mol. The first-order chi connectivity index (χ1) is 22.1. The predicted octanol–water partition coefficient (Wildman–Crippen LogP) is 6.43. The largest absolute Gasteiger partial charge is 0.419 e. The second-order valence-corrected chi connectivity index (χ2v) is 11.7. The van der Waals surface area contributed by atoms with Crippen molar-refractivity contribution in [3.8, 4) is 0 Å². The van der Waals surface area contributed by atoms with Crippen LogP contribution in [-0.2, 0) is 22.3 Å². The first-order valence-corrected chi connectivity index (χ1v) is 15.3. The van der Waals surface area contributed by atoms with Crippen molar-refractivity contribution < 1.29 is 27.1 Å². The van der Waals surface area contributed by atoms with Gasteiger partial charge in [-0.1, -0.05) is 49.7 Å². The highest BCUT2D eigenvalue weighted by atomic mass is 19.4. The molecule has 0 bridgehead atoms. The van der Waals surface area contributed by atoms with Crippen molar-refractivity contribution in [3.63, 3.8) is 0 Å². The number of fused-ring (bicyclic) bond motifs is 1. The lowest BCUT2D eigenvalue weighted by Gasteiger charge is -2.32. The highest BCUT2D eigenvalue weighted by Gasteiger charge is 2.34. The Kier molecular flexibility index (Phi) is 8.84. The van der Waals surface area contributed by atoms with Gasteiger partial charge >= 0.3 is 6.18 Å². The number of ether oxygens (including phenoxy) is 1. The minimum Gasteiger partial charge on any atom is -0.365 e. The van der Waals surface area contributed by atoms with Gasteiger partial charge in [0.2, 0.25) is 11.8 Å². The van der Waals surface area contributed by atoms with Crippen LogP contribution in [-0.4, -0.2) is 52.0 Å².